The maximum atomic E-state index is 12.3. The van der Waals surface area contributed by atoms with Gasteiger partial charge in [-0.05, 0) is 55.8 Å². The highest BCUT2D eigenvalue weighted by Crippen LogP contribution is 2.37. The minimum absolute atomic E-state index is 0.279. The molecule has 0 spiro atoms. The number of nitrogens with one attached hydrogen (secondary N) is 1. The lowest BCUT2D eigenvalue weighted by atomic mass is 9.78. The van der Waals surface area contributed by atoms with Gasteiger partial charge in [-0.25, -0.2) is 0 Å². The third-order valence-corrected chi connectivity index (χ3v) is 7.02. The molecular weight excluding hydrogens is 350 g/mol. The van der Waals surface area contributed by atoms with Crippen LogP contribution in [0, 0.1) is 11.8 Å². The molecule has 4 rings (SSSR count). The Bertz CT molecular complexity index is 640. The van der Waals surface area contributed by atoms with Crippen LogP contribution in [0.1, 0.15) is 44.1 Å². The first kappa shape index (κ1) is 19.7. The molecule has 3 fully saturated rings. The van der Waals surface area contributed by atoms with Gasteiger partial charge >= 0.3 is 0 Å². The van der Waals surface area contributed by atoms with Gasteiger partial charge in [-0.15, -0.1) is 0 Å². The fourth-order valence-electron chi connectivity index (χ4n) is 5.34. The van der Waals surface area contributed by atoms with E-state index in [9.17, 15) is 4.79 Å². The Balaban J connectivity index is 1.16. The Morgan fingerprint density at radius 3 is 2.50 bits per heavy atom. The monoisotopic (exact) mass is 385 g/mol. The van der Waals surface area contributed by atoms with Crippen LogP contribution in [0.3, 0.4) is 0 Å². The third kappa shape index (κ3) is 4.69. The van der Waals surface area contributed by atoms with Gasteiger partial charge in [-0.1, -0.05) is 25.0 Å². The van der Waals surface area contributed by atoms with Crippen molar-refractivity contribution in [1.82, 2.24) is 15.1 Å². The molecule has 0 bridgehead atoms. The lowest BCUT2D eigenvalue weighted by Crippen LogP contribution is -2.46. The molecule has 0 aromatic heterocycles. The number of fused-ring (bicyclic) bond motifs is 1. The molecule has 1 amide bonds. The van der Waals surface area contributed by atoms with Gasteiger partial charge in [0.1, 0.15) is 5.75 Å². The second-order valence-electron chi connectivity index (χ2n) is 8.78. The van der Waals surface area contributed by atoms with Crippen LogP contribution in [0.4, 0.5) is 0 Å². The number of benzene rings is 1. The topological polar surface area (TPSA) is 44.8 Å². The van der Waals surface area contributed by atoms with Crippen LogP contribution in [-0.2, 0) is 11.3 Å². The minimum atomic E-state index is 0.279. The quantitative estimate of drug-likeness (QED) is 0.784. The molecule has 2 saturated heterocycles. The van der Waals surface area contributed by atoms with Crippen molar-refractivity contribution in [2.24, 2.45) is 11.8 Å². The molecule has 0 radical (unpaired) electrons. The molecule has 3 unspecified atom stereocenters. The first-order valence-corrected chi connectivity index (χ1v) is 11.1. The standard InChI is InChI=1S/C23H35N3O2/c1-28-19-10-8-18(9-11-19)17-26-15-13-25(14-16-26)12-4-6-21-20-5-2-3-7-22(20)24-23(21)27/h8-11,20-22H,2-7,12-17H2,1H3,(H,24,27). The molecule has 1 aromatic rings. The molecule has 1 aliphatic carbocycles. The highest BCUT2D eigenvalue weighted by molar-refractivity contribution is 5.81. The maximum absolute atomic E-state index is 12.3. The molecule has 1 aromatic carbocycles. The summed E-state index contributed by atoms with van der Waals surface area (Å²) in [6.07, 6.45) is 7.26. The van der Waals surface area contributed by atoms with Crippen LogP contribution < -0.4 is 10.1 Å². The first-order valence-electron chi connectivity index (χ1n) is 11.1. The van der Waals surface area contributed by atoms with Crippen molar-refractivity contribution in [1.29, 1.82) is 0 Å². The van der Waals surface area contributed by atoms with E-state index in [1.165, 1.54) is 31.2 Å². The van der Waals surface area contributed by atoms with Crippen LogP contribution in [-0.4, -0.2) is 61.6 Å². The number of amides is 1. The summed E-state index contributed by atoms with van der Waals surface area (Å²) in [4.78, 5) is 17.5. The number of hydrogen-bond donors (Lipinski definition) is 1. The predicted molar refractivity (Wildman–Crippen MR) is 111 cm³/mol. The van der Waals surface area contributed by atoms with Crippen molar-refractivity contribution in [2.45, 2.75) is 51.1 Å². The Kier molecular flexibility index (Phi) is 6.53. The summed E-state index contributed by atoms with van der Waals surface area (Å²) in [5.74, 6) is 2.15. The molecule has 1 saturated carbocycles. The number of carbonyl (C=O) groups is 1. The molecule has 154 valence electrons. The van der Waals surface area contributed by atoms with E-state index < -0.39 is 0 Å². The smallest absolute Gasteiger partial charge is 0.223 e. The Morgan fingerprint density at radius 1 is 1.04 bits per heavy atom. The molecule has 3 atom stereocenters. The van der Waals surface area contributed by atoms with Crippen LogP contribution >= 0.6 is 0 Å². The number of methoxy groups -OCH3 is 1. The SMILES string of the molecule is COc1ccc(CN2CCN(CCCC3C(=O)NC4CCCCC43)CC2)cc1. The first-order chi connectivity index (χ1) is 13.7. The zero-order valence-electron chi connectivity index (χ0n) is 17.2. The fourth-order valence-corrected chi connectivity index (χ4v) is 5.34. The molecule has 5 nitrogen and oxygen atoms in total. The molecule has 3 aliphatic rings. The summed E-state index contributed by atoms with van der Waals surface area (Å²) >= 11 is 0. The summed E-state index contributed by atoms with van der Waals surface area (Å²) in [6.45, 7) is 6.68. The zero-order valence-corrected chi connectivity index (χ0v) is 17.2. The van der Waals surface area contributed by atoms with Crippen LogP contribution in [0.2, 0.25) is 0 Å². The molecular formula is C23H35N3O2. The van der Waals surface area contributed by atoms with E-state index in [0.717, 1.165) is 57.9 Å². The van der Waals surface area contributed by atoms with Crippen molar-refractivity contribution >= 4 is 5.91 Å². The van der Waals surface area contributed by atoms with Crippen molar-refractivity contribution in [3.8, 4) is 5.75 Å². The van der Waals surface area contributed by atoms with Crippen molar-refractivity contribution in [3.05, 3.63) is 29.8 Å². The van der Waals surface area contributed by atoms with Gasteiger partial charge in [0.05, 0.1) is 7.11 Å². The van der Waals surface area contributed by atoms with E-state index in [1.54, 1.807) is 7.11 Å². The van der Waals surface area contributed by atoms with Crippen LogP contribution in [0.15, 0.2) is 24.3 Å². The Labute approximate surface area is 169 Å². The molecule has 2 heterocycles. The van der Waals surface area contributed by atoms with Gasteiger partial charge < -0.3 is 15.0 Å². The normalized spacial score (nSPS) is 28.8. The van der Waals surface area contributed by atoms with Gasteiger partial charge in [-0.3, -0.25) is 9.69 Å². The summed E-state index contributed by atoms with van der Waals surface area (Å²) in [7, 11) is 1.71. The van der Waals surface area contributed by atoms with Crippen LogP contribution in [0.5, 0.6) is 5.75 Å². The van der Waals surface area contributed by atoms with E-state index in [1.807, 2.05) is 12.1 Å². The second kappa shape index (κ2) is 9.27. The summed E-state index contributed by atoms with van der Waals surface area (Å²) in [5.41, 5.74) is 1.35. The van der Waals surface area contributed by atoms with Gasteiger partial charge in [0.15, 0.2) is 0 Å². The maximum Gasteiger partial charge on any atom is 0.223 e. The highest BCUT2D eigenvalue weighted by Gasteiger charge is 2.42. The van der Waals surface area contributed by atoms with E-state index >= 15 is 0 Å². The minimum Gasteiger partial charge on any atom is -0.497 e. The van der Waals surface area contributed by atoms with Crippen molar-refractivity contribution in [3.63, 3.8) is 0 Å². The summed E-state index contributed by atoms with van der Waals surface area (Å²) < 4.78 is 5.24. The van der Waals surface area contributed by atoms with Gasteiger partial charge in [-0.2, -0.15) is 0 Å². The predicted octanol–water partition coefficient (Wildman–Crippen LogP) is 2.90. The number of nitrogens with zero attached hydrogens (tertiary/aromatic N) is 2. The number of rotatable bonds is 7. The number of carbonyl (C=O) groups excluding carboxylic acids is 1. The van der Waals surface area contributed by atoms with Crippen molar-refractivity contribution < 1.29 is 9.53 Å². The summed E-state index contributed by atoms with van der Waals surface area (Å²) in [5, 5.41) is 3.26. The lowest BCUT2D eigenvalue weighted by Gasteiger charge is -2.35. The second-order valence-corrected chi connectivity index (χ2v) is 8.78. The highest BCUT2D eigenvalue weighted by atomic mass is 16.5. The Morgan fingerprint density at radius 2 is 1.75 bits per heavy atom. The number of ether oxygens (including phenoxy) is 1. The van der Waals surface area contributed by atoms with E-state index in [-0.39, 0.29) is 5.92 Å². The van der Waals surface area contributed by atoms with E-state index in [0.29, 0.717) is 17.9 Å². The fraction of sp³-hybridized carbons (Fsp3) is 0.696. The van der Waals surface area contributed by atoms with Gasteiger partial charge in [0.2, 0.25) is 5.91 Å². The summed E-state index contributed by atoms with van der Waals surface area (Å²) in [6, 6.07) is 8.89. The van der Waals surface area contributed by atoms with Crippen LogP contribution in [0.25, 0.3) is 0 Å². The largest absolute Gasteiger partial charge is 0.497 e. The average Bonchev–Trinajstić information content (AvgIpc) is 3.05. The zero-order chi connectivity index (χ0) is 19.3. The molecule has 5 heteroatoms. The molecule has 2 aliphatic heterocycles. The van der Waals surface area contributed by atoms with Crippen molar-refractivity contribution in [2.75, 3.05) is 39.8 Å². The average molecular weight is 386 g/mol. The van der Waals surface area contributed by atoms with E-state index in [2.05, 4.69) is 27.2 Å². The van der Waals surface area contributed by atoms with E-state index in [4.69, 9.17) is 4.74 Å². The number of hydrogen-bond acceptors (Lipinski definition) is 4. The van der Waals surface area contributed by atoms with Gasteiger partial charge in [0.25, 0.3) is 0 Å². The Hall–Kier alpha value is -1.59. The third-order valence-electron chi connectivity index (χ3n) is 7.02. The lowest BCUT2D eigenvalue weighted by molar-refractivity contribution is -0.123. The molecule has 28 heavy (non-hydrogen) atoms. The van der Waals surface area contributed by atoms with Gasteiger partial charge in [0, 0.05) is 44.7 Å². The number of piperazine rings is 1. The molecule has 1 N–H and O–H groups in total.